The molecule has 3 N–H and O–H groups in total. The average molecular weight is 592 g/mol. The average Bonchev–Trinajstić information content (AvgIpc) is 2.95. The Bertz CT molecular complexity index is 1060. The van der Waals surface area contributed by atoms with Crippen LogP contribution in [0.4, 0.5) is 9.59 Å². The normalized spacial score (nSPS) is 14.7. The molecule has 0 unspecified atom stereocenters. The van der Waals surface area contributed by atoms with Gasteiger partial charge >= 0.3 is 12.2 Å². The molecule has 0 aliphatic carbocycles. The fourth-order valence-electron chi connectivity index (χ4n) is 4.04. The molecule has 0 fully saturated rings. The molecule has 1 rings (SSSR count). The standard InChI is InChI=1S/C30H49N5O7/c1-11-19(3)23(31-28(39)41-18-22-16-14-13-15-17-22)26(37)35(10)24(20(4)12-2)27(38)34(9)21(5)25(36)32-33-29(40)42-30(6,7)8/h13-17,19-21,23-24H,11-12,18H2,1-10H3,(H,31,39)(H,32,36)(H,33,40)/t19-,20-,21-,23-,24-/m0/s1. The van der Waals surface area contributed by atoms with Gasteiger partial charge in [0.15, 0.2) is 0 Å². The number of hydrogen-bond acceptors (Lipinski definition) is 7. The quantitative estimate of drug-likeness (QED) is 0.315. The van der Waals surface area contributed by atoms with Gasteiger partial charge in [0, 0.05) is 14.1 Å². The first-order valence-corrected chi connectivity index (χ1v) is 14.3. The lowest BCUT2D eigenvalue weighted by molar-refractivity contribution is -0.150. The zero-order valence-corrected chi connectivity index (χ0v) is 26.6. The lowest BCUT2D eigenvalue weighted by Gasteiger charge is -2.38. The highest BCUT2D eigenvalue weighted by molar-refractivity contribution is 5.94. The molecule has 1 aromatic carbocycles. The SMILES string of the molecule is CC[C@H](C)[C@H](NC(=O)OCc1ccccc1)C(=O)N(C)[C@H](C(=O)N(C)[C@@H](C)C(=O)NNC(=O)OC(C)(C)C)[C@@H](C)CC. The maximum Gasteiger partial charge on any atom is 0.426 e. The summed E-state index contributed by atoms with van der Waals surface area (Å²) in [7, 11) is 2.98. The van der Waals surface area contributed by atoms with E-state index >= 15 is 0 Å². The highest BCUT2D eigenvalue weighted by Crippen LogP contribution is 2.21. The number of carbonyl (C=O) groups is 5. The van der Waals surface area contributed by atoms with Crippen LogP contribution in [-0.2, 0) is 30.5 Å². The highest BCUT2D eigenvalue weighted by Gasteiger charge is 2.39. The summed E-state index contributed by atoms with van der Waals surface area (Å²) in [4.78, 5) is 67.4. The number of amides is 5. The van der Waals surface area contributed by atoms with Crippen molar-refractivity contribution < 1.29 is 33.4 Å². The van der Waals surface area contributed by atoms with Crippen LogP contribution in [0.1, 0.15) is 73.8 Å². The summed E-state index contributed by atoms with van der Waals surface area (Å²) in [6, 6.07) is 6.33. The summed E-state index contributed by atoms with van der Waals surface area (Å²) in [5.41, 5.74) is 4.49. The van der Waals surface area contributed by atoms with E-state index in [4.69, 9.17) is 9.47 Å². The van der Waals surface area contributed by atoms with Gasteiger partial charge in [-0.3, -0.25) is 19.8 Å². The Morgan fingerprint density at radius 1 is 0.810 bits per heavy atom. The van der Waals surface area contributed by atoms with Crippen LogP contribution < -0.4 is 16.2 Å². The first-order chi connectivity index (χ1) is 19.5. The van der Waals surface area contributed by atoms with Crippen LogP contribution in [0.2, 0.25) is 0 Å². The number of hydrazine groups is 1. The number of nitrogens with one attached hydrogen (secondary N) is 3. The van der Waals surface area contributed by atoms with Gasteiger partial charge < -0.3 is 24.6 Å². The van der Waals surface area contributed by atoms with E-state index in [2.05, 4.69) is 16.2 Å². The number of alkyl carbamates (subject to hydrolysis) is 1. The largest absolute Gasteiger partial charge is 0.445 e. The highest BCUT2D eigenvalue weighted by atomic mass is 16.6. The van der Waals surface area contributed by atoms with E-state index in [1.165, 1.54) is 30.8 Å². The molecule has 0 aromatic heterocycles. The van der Waals surface area contributed by atoms with Gasteiger partial charge in [0.2, 0.25) is 11.8 Å². The summed E-state index contributed by atoms with van der Waals surface area (Å²) in [6.45, 7) is 14.1. The molecule has 0 bridgehead atoms. The lowest BCUT2D eigenvalue weighted by Crippen LogP contribution is -2.60. The third-order valence-corrected chi connectivity index (χ3v) is 7.16. The van der Waals surface area contributed by atoms with Crippen LogP contribution in [-0.4, -0.2) is 77.5 Å². The minimum absolute atomic E-state index is 0.0471. The van der Waals surface area contributed by atoms with Gasteiger partial charge in [-0.05, 0) is 45.1 Å². The van der Waals surface area contributed by atoms with Crippen LogP contribution in [0, 0.1) is 11.8 Å². The monoisotopic (exact) mass is 591 g/mol. The van der Waals surface area contributed by atoms with Crippen molar-refractivity contribution in [1.82, 2.24) is 26.0 Å². The molecule has 0 aliphatic rings. The van der Waals surface area contributed by atoms with Crippen molar-refractivity contribution in [2.24, 2.45) is 11.8 Å². The van der Waals surface area contributed by atoms with Crippen molar-refractivity contribution in [2.45, 2.75) is 98.6 Å². The second kappa shape index (κ2) is 16.6. The maximum atomic E-state index is 13.8. The molecule has 12 heteroatoms. The van der Waals surface area contributed by atoms with Gasteiger partial charge in [0.25, 0.3) is 5.91 Å². The smallest absolute Gasteiger partial charge is 0.426 e. The molecule has 0 saturated carbocycles. The Balaban J connectivity index is 3.03. The molecule has 0 radical (unpaired) electrons. The first-order valence-electron chi connectivity index (χ1n) is 14.3. The van der Waals surface area contributed by atoms with Crippen molar-refractivity contribution in [2.75, 3.05) is 14.1 Å². The van der Waals surface area contributed by atoms with Crippen LogP contribution in [0.15, 0.2) is 30.3 Å². The Morgan fingerprint density at radius 3 is 1.90 bits per heavy atom. The molecule has 0 heterocycles. The van der Waals surface area contributed by atoms with Crippen molar-refractivity contribution in [1.29, 1.82) is 0 Å². The number of nitrogens with zero attached hydrogens (tertiary/aromatic N) is 2. The van der Waals surface area contributed by atoms with E-state index in [9.17, 15) is 24.0 Å². The van der Waals surface area contributed by atoms with Crippen molar-refractivity contribution in [3.63, 3.8) is 0 Å². The second-order valence-electron chi connectivity index (χ2n) is 11.6. The van der Waals surface area contributed by atoms with Gasteiger partial charge in [-0.25, -0.2) is 15.0 Å². The van der Waals surface area contributed by atoms with Crippen molar-refractivity contribution in [3.8, 4) is 0 Å². The molecule has 236 valence electrons. The summed E-state index contributed by atoms with van der Waals surface area (Å²) in [5, 5.41) is 2.69. The van der Waals surface area contributed by atoms with E-state index in [1.54, 1.807) is 20.8 Å². The number of rotatable bonds is 12. The Kier molecular flexibility index (Phi) is 14.3. The number of hydrogen-bond donors (Lipinski definition) is 3. The lowest BCUT2D eigenvalue weighted by atomic mass is 9.93. The molecule has 5 amide bonds. The van der Waals surface area contributed by atoms with E-state index in [0.717, 1.165) is 5.56 Å². The minimum atomic E-state index is -0.987. The fourth-order valence-corrected chi connectivity index (χ4v) is 4.04. The first kappa shape index (κ1) is 36.2. The third-order valence-electron chi connectivity index (χ3n) is 7.16. The van der Waals surface area contributed by atoms with Crippen LogP contribution in [0.25, 0.3) is 0 Å². The number of likely N-dealkylation sites (N-methyl/N-ethyl adjacent to an activating group) is 2. The molecule has 5 atom stereocenters. The van der Waals surface area contributed by atoms with Gasteiger partial charge in [-0.15, -0.1) is 0 Å². The Labute approximate surface area is 249 Å². The predicted molar refractivity (Wildman–Crippen MR) is 159 cm³/mol. The Hall–Kier alpha value is -3.83. The molecule has 1 aromatic rings. The molecular weight excluding hydrogens is 542 g/mol. The van der Waals surface area contributed by atoms with Gasteiger partial charge in [0.1, 0.15) is 30.3 Å². The van der Waals surface area contributed by atoms with Crippen LogP contribution in [0.5, 0.6) is 0 Å². The van der Waals surface area contributed by atoms with Crippen LogP contribution in [0.3, 0.4) is 0 Å². The zero-order chi connectivity index (χ0) is 32.2. The number of carbonyl (C=O) groups excluding carboxylic acids is 5. The molecule has 12 nitrogen and oxygen atoms in total. The topological polar surface area (TPSA) is 146 Å². The van der Waals surface area contributed by atoms with E-state index in [1.807, 2.05) is 58.0 Å². The number of ether oxygens (including phenoxy) is 2. The summed E-state index contributed by atoms with van der Waals surface area (Å²) in [6.07, 6.45) is -0.418. The predicted octanol–water partition coefficient (Wildman–Crippen LogP) is 3.60. The molecule has 42 heavy (non-hydrogen) atoms. The zero-order valence-electron chi connectivity index (χ0n) is 26.6. The number of benzene rings is 1. The summed E-state index contributed by atoms with van der Waals surface area (Å²) < 4.78 is 10.4. The maximum absolute atomic E-state index is 13.8. The van der Waals surface area contributed by atoms with E-state index < -0.39 is 53.6 Å². The molecular formula is C30H49N5O7. The van der Waals surface area contributed by atoms with Crippen LogP contribution >= 0.6 is 0 Å². The fraction of sp³-hybridized carbons (Fsp3) is 0.633. The van der Waals surface area contributed by atoms with Crippen molar-refractivity contribution in [3.05, 3.63) is 35.9 Å². The third kappa shape index (κ3) is 11.2. The molecule has 0 spiro atoms. The molecule has 0 aliphatic heterocycles. The minimum Gasteiger partial charge on any atom is -0.445 e. The van der Waals surface area contributed by atoms with E-state index in [-0.39, 0.29) is 18.4 Å². The van der Waals surface area contributed by atoms with E-state index in [0.29, 0.717) is 12.8 Å². The summed E-state index contributed by atoms with van der Waals surface area (Å²) >= 11 is 0. The molecule has 0 saturated heterocycles. The second-order valence-corrected chi connectivity index (χ2v) is 11.6. The Morgan fingerprint density at radius 2 is 1.38 bits per heavy atom. The van der Waals surface area contributed by atoms with Gasteiger partial charge in [-0.2, -0.15) is 0 Å². The van der Waals surface area contributed by atoms with Crippen molar-refractivity contribution >= 4 is 29.9 Å². The van der Waals surface area contributed by atoms with Gasteiger partial charge in [-0.1, -0.05) is 70.9 Å². The summed E-state index contributed by atoms with van der Waals surface area (Å²) in [5.74, 6) is -2.08. The van der Waals surface area contributed by atoms with Gasteiger partial charge in [0.05, 0.1) is 0 Å².